The molecule has 0 bridgehead atoms. The van der Waals surface area contributed by atoms with Crippen LogP contribution in [0.2, 0.25) is 0 Å². The van der Waals surface area contributed by atoms with Crippen LogP contribution >= 0.6 is 0 Å². The minimum Gasteiger partial charge on any atom is -0.303 e. The maximum atomic E-state index is 12.0. The standard InChI is InChI=1S/C12H16N4O2/c1-15-11(17)7-10(14-13)16(12(15)18)8-9-5-3-2-4-6-9/h2-6,10,14H,7-8,13H2,1H3. The topological polar surface area (TPSA) is 78.7 Å². The lowest BCUT2D eigenvalue weighted by Crippen LogP contribution is -2.61. The molecule has 6 nitrogen and oxygen atoms in total. The van der Waals surface area contributed by atoms with Crippen LogP contribution in [-0.4, -0.2) is 35.0 Å². The molecule has 2 rings (SSSR count). The van der Waals surface area contributed by atoms with Crippen molar-refractivity contribution in [1.29, 1.82) is 0 Å². The summed E-state index contributed by atoms with van der Waals surface area (Å²) in [6.45, 7) is 0.423. The molecule has 0 saturated carbocycles. The highest BCUT2D eigenvalue weighted by Crippen LogP contribution is 2.17. The van der Waals surface area contributed by atoms with Crippen LogP contribution in [0.3, 0.4) is 0 Å². The van der Waals surface area contributed by atoms with Crippen LogP contribution in [-0.2, 0) is 11.3 Å². The summed E-state index contributed by atoms with van der Waals surface area (Å²) in [5, 5.41) is 0. The molecule has 1 aromatic rings. The van der Waals surface area contributed by atoms with E-state index < -0.39 is 6.17 Å². The van der Waals surface area contributed by atoms with Crippen molar-refractivity contribution in [2.45, 2.75) is 19.1 Å². The number of hydrazine groups is 1. The number of benzene rings is 1. The smallest absolute Gasteiger partial charge is 0.303 e. The minimum atomic E-state index is -0.457. The summed E-state index contributed by atoms with van der Waals surface area (Å²) in [5.74, 6) is 5.17. The number of nitrogens with one attached hydrogen (secondary N) is 1. The zero-order chi connectivity index (χ0) is 13.1. The van der Waals surface area contributed by atoms with Crippen LogP contribution in [0.15, 0.2) is 30.3 Å². The van der Waals surface area contributed by atoms with Gasteiger partial charge in [0.2, 0.25) is 5.91 Å². The summed E-state index contributed by atoms with van der Waals surface area (Å²) >= 11 is 0. The summed E-state index contributed by atoms with van der Waals surface area (Å²) in [6.07, 6.45) is -0.271. The largest absolute Gasteiger partial charge is 0.328 e. The lowest BCUT2D eigenvalue weighted by molar-refractivity contribution is -0.132. The zero-order valence-electron chi connectivity index (χ0n) is 10.2. The number of carbonyl (C=O) groups is 2. The van der Waals surface area contributed by atoms with Gasteiger partial charge >= 0.3 is 6.03 Å². The molecule has 1 fully saturated rings. The van der Waals surface area contributed by atoms with E-state index in [-0.39, 0.29) is 18.4 Å². The van der Waals surface area contributed by atoms with E-state index in [9.17, 15) is 9.59 Å². The summed E-state index contributed by atoms with van der Waals surface area (Å²) in [6, 6.07) is 9.25. The van der Waals surface area contributed by atoms with Crippen LogP contribution in [0, 0.1) is 0 Å². The molecule has 1 aliphatic rings. The van der Waals surface area contributed by atoms with E-state index in [0.717, 1.165) is 10.5 Å². The number of nitrogens with two attached hydrogens (primary N) is 1. The van der Waals surface area contributed by atoms with Gasteiger partial charge in [-0.2, -0.15) is 0 Å². The number of imide groups is 1. The molecule has 18 heavy (non-hydrogen) atoms. The van der Waals surface area contributed by atoms with Crippen LogP contribution in [0.4, 0.5) is 4.79 Å². The molecule has 0 spiro atoms. The highest BCUT2D eigenvalue weighted by atomic mass is 16.2. The van der Waals surface area contributed by atoms with E-state index in [1.54, 1.807) is 4.90 Å². The molecule has 0 radical (unpaired) electrons. The van der Waals surface area contributed by atoms with Crippen molar-refractivity contribution in [3.8, 4) is 0 Å². The van der Waals surface area contributed by atoms with Crippen molar-refractivity contribution >= 4 is 11.9 Å². The predicted molar refractivity (Wildman–Crippen MR) is 65.9 cm³/mol. The van der Waals surface area contributed by atoms with E-state index in [0.29, 0.717) is 6.54 Å². The lowest BCUT2D eigenvalue weighted by atomic mass is 10.1. The zero-order valence-corrected chi connectivity index (χ0v) is 10.2. The Bertz CT molecular complexity index is 449. The number of nitrogens with zero attached hydrogens (tertiary/aromatic N) is 2. The monoisotopic (exact) mass is 248 g/mol. The highest BCUT2D eigenvalue weighted by molar-refractivity contribution is 5.96. The molecule has 1 heterocycles. The Labute approximate surface area is 105 Å². The van der Waals surface area contributed by atoms with E-state index in [2.05, 4.69) is 5.43 Å². The van der Waals surface area contributed by atoms with Crippen molar-refractivity contribution < 1.29 is 9.59 Å². The first-order chi connectivity index (χ1) is 8.63. The number of urea groups is 1. The molecule has 0 aromatic heterocycles. The number of amides is 3. The predicted octanol–water partition coefficient (Wildman–Crippen LogP) is 0.260. The van der Waals surface area contributed by atoms with Gasteiger partial charge in [0.05, 0.1) is 6.42 Å². The molecule has 1 aromatic carbocycles. The first-order valence-corrected chi connectivity index (χ1v) is 5.70. The van der Waals surface area contributed by atoms with Gasteiger partial charge in [-0.1, -0.05) is 30.3 Å². The maximum absolute atomic E-state index is 12.0. The number of carbonyl (C=O) groups excluding carboxylic acids is 2. The second-order valence-corrected chi connectivity index (χ2v) is 4.24. The molecule has 3 N–H and O–H groups in total. The Morgan fingerprint density at radius 1 is 1.33 bits per heavy atom. The van der Waals surface area contributed by atoms with Crippen molar-refractivity contribution in [1.82, 2.24) is 15.2 Å². The van der Waals surface area contributed by atoms with Crippen molar-refractivity contribution in [3.05, 3.63) is 35.9 Å². The van der Waals surface area contributed by atoms with Gasteiger partial charge in [-0.05, 0) is 5.56 Å². The Kier molecular flexibility index (Phi) is 3.59. The number of hydrogen-bond donors (Lipinski definition) is 2. The lowest BCUT2D eigenvalue weighted by Gasteiger charge is -2.38. The van der Waals surface area contributed by atoms with Gasteiger partial charge in [0, 0.05) is 13.6 Å². The fourth-order valence-electron chi connectivity index (χ4n) is 1.95. The molecule has 1 aliphatic heterocycles. The van der Waals surface area contributed by atoms with E-state index in [1.165, 1.54) is 7.05 Å². The van der Waals surface area contributed by atoms with Gasteiger partial charge in [-0.25, -0.2) is 10.2 Å². The average molecular weight is 248 g/mol. The molecule has 6 heteroatoms. The molecular weight excluding hydrogens is 232 g/mol. The Morgan fingerprint density at radius 3 is 2.61 bits per heavy atom. The van der Waals surface area contributed by atoms with Crippen LogP contribution in [0.25, 0.3) is 0 Å². The third-order valence-electron chi connectivity index (χ3n) is 3.04. The van der Waals surface area contributed by atoms with Crippen LogP contribution in [0.1, 0.15) is 12.0 Å². The van der Waals surface area contributed by atoms with Crippen LogP contribution in [0.5, 0.6) is 0 Å². The van der Waals surface area contributed by atoms with Gasteiger partial charge in [0.25, 0.3) is 0 Å². The molecule has 3 amide bonds. The second-order valence-electron chi connectivity index (χ2n) is 4.24. The highest BCUT2D eigenvalue weighted by Gasteiger charge is 2.35. The van der Waals surface area contributed by atoms with Gasteiger partial charge in [0.1, 0.15) is 6.17 Å². The molecule has 96 valence electrons. The first-order valence-electron chi connectivity index (χ1n) is 5.70. The fraction of sp³-hybridized carbons (Fsp3) is 0.333. The van der Waals surface area contributed by atoms with E-state index in [4.69, 9.17) is 5.84 Å². The normalized spacial score (nSPS) is 20.4. The average Bonchev–Trinajstić information content (AvgIpc) is 2.40. The van der Waals surface area contributed by atoms with E-state index in [1.807, 2.05) is 30.3 Å². The second kappa shape index (κ2) is 5.16. The fourth-order valence-corrected chi connectivity index (χ4v) is 1.95. The Morgan fingerprint density at radius 2 is 2.00 bits per heavy atom. The van der Waals surface area contributed by atoms with Gasteiger partial charge in [0.15, 0.2) is 0 Å². The molecule has 1 atom stereocenters. The molecule has 1 saturated heterocycles. The molecule has 0 aliphatic carbocycles. The van der Waals surface area contributed by atoms with Gasteiger partial charge in [-0.3, -0.25) is 15.5 Å². The minimum absolute atomic E-state index is 0.186. The number of rotatable bonds is 3. The quantitative estimate of drug-likeness (QED) is 0.594. The summed E-state index contributed by atoms with van der Waals surface area (Å²) in [7, 11) is 1.48. The van der Waals surface area contributed by atoms with Crippen LogP contribution < -0.4 is 11.3 Å². The first kappa shape index (κ1) is 12.5. The maximum Gasteiger partial charge on any atom is 0.328 e. The van der Waals surface area contributed by atoms with Crippen molar-refractivity contribution in [2.75, 3.05) is 7.05 Å². The van der Waals surface area contributed by atoms with Crippen molar-refractivity contribution in [2.24, 2.45) is 5.84 Å². The summed E-state index contributed by atoms with van der Waals surface area (Å²) in [4.78, 5) is 26.3. The Hall–Kier alpha value is -1.92. The Balaban J connectivity index is 2.18. The molecule has 1 unspecified atom stereocenters. The third-order valence-corrected chi connectivity index (χ3v) is 3.04. The van der Waals surface area contributed by atoms with Crippen molar-refractivity contribution in [3.63, 3.8) is 0 Å². The summed E-state index contributed by atoms with van der Waals surface area (Å²) in [5.41, 5.74) is 3.51. The SMILES string of the molecule is CN1C(=O)CC(NN)N(Cc2ccccc2)C1=O. The summed E-state index contributed by atoms with van der Waals surface area (Å²) < 4.78 is 0. The number of hydrogen-bond acceptors (Lipinski definition) is 4. The molecular formula is C12H16N4O2. The van der Waals surface area contributed by atoms with Gasteiger partial charge in [-0.15, -0.1) is 0 Å². The van der Waals surface area contributed by atoms with Gasteiger partial charge < -0.3 is 4.90 Å². The van der Waals surface area contributed by atoms with E-state index >= 15 is 0 Å². The third kappa shape index (κ3) is 2.34.